The van der Waals surface area contributed by atoms with Gasteiger partial charge in [-0.05, 0) is 50.1 Å². The SMILES string of the molecule is Cc1cc(F)ccc1NC(C)c1ccc(C)c([N+](=O)[O-])c1. The third-order valence-corrected chi connectivity index (χ3v) is 3.49. The van der Waals surface area contributed by atoms with Crippen molar-refractivity contribution in [3.05, 3.63) is 69.0 Å². The number of benzene rings is 2. The van der Waals surface area contributed by atoms with E-state index >= 15 is 0 Å². The highest BCUT2D eigenvalue weighted by atomic mass is 19.1. The van der Waals surface area contributed by atoms with Crippen LogP contribution in [0.25, 0.3) is 0 Å². The summed E-state index contributed by atoms with van der Waals surface area (Å²) in [5, 5.41) is 14.2. The Morgan fingerprint density at radius 3 is 2.48 bits per heavy atom. The van der Waals surface area contributed by atoms with Crippen LogP contribution in [-0.2, 0) is 0 Å². The fourth-order valence-electron chi connectivity index (χ4n) is 2.20. The van der Waals surface area contributed by atoms with Crippen LogP contribution in [0.1, 0.15) is 29.7 Å². The molecule has 2 aromatic carbocycles. The molecule has 0 aliphatic carbocycles. The Morgan fingerprint density at radius 2 is 1.86 bits per heavy atom. The number of nitro groups is 1. The maximum Gasteiger partial charge on any atom is 0.272 e. The summed E-state index contributed by atoms with van der Waals surface area (Å²) in [5.41, 5.74) is 3.16. The van der Waals surface area contributed by atoms with Crippen molar-refractivity contribution >= 4 is 11.4 Å². The number of halogens is 1. The lowest BCUT2D eigenvalue weighted by molar-refractivity contribution is -0.385. The van der Waals surface area contributed by atoms with Gasteiger partial charge in [0.15, 0.2) is 0 Å². The van der Waals surface area contributed by atoms with Crippen molar-refractivity contribution in [1.82, 2.24) is 0 Å². The molecular weight excluding hydrogens is 271 g/mol. The first-order valence-electron chi connectivity index (χ1n) is 6.66. The summed E-state index contributed by atoms with van der Waals surface area (Å²) in [6.45, 7) is 5.44. The predicted octanol–water partition coefficient (Wildman–Crippen LogP) is 4.52. The summed E-state index contributed by atoms with van der Waals surface area (Å²) in [7, 11) is 0. The Kier molecular flexibility index (Phi) is 4.21. The molecule has 2 aromatic rings. The molecule has 5 heteroatoms. The number of nitrogens with one attached hydrogen (secondary N) is 1. The molecule has 0 saturated carbocycles. The number of nitrogens with zero attached hydrogens (tertiary/aromatic N) is 1. The lowest BCUT2D eigenvalue weighted by Crippen LogP contribution is -2.08. The first kappa shape index (κ1) is 15.0. The van der Waals surface area contributed by atoms with E-state index in [2.05, 4.69) is 5.32 Å². The molecular formula is C16H17FN2O2. The molecule has 1 atom stereocenters. The zero-order valence-corrected chi connectivity index (χ0v) is 12.2. The third kappa shape index (κ3) is 3.37. The van der Waals surface area contributed by atoms with Crippen LogP contribution in [0.4, 0.5) is 15.8 Å². The third-order valence-electron chi connectivity index (χ3n) is 3.49. The van der Waals surface area contributed by atoms with E-state index in [1.54, 1.807) is 25.1 Å². The number of hydrogen-bond donors (Lipinski definition) is 1. The van der Waals surface area contributed by atoms with Gasteiger partial charge in [0.2, 0.25) is 0 Å². The van der Waals surface area contributed by atoms with E-state index in [4.69, 9.17) is 0 Å². The minimum absolute atomic E-state index is 0.108. The van der Waals surface area contributed by atoms with E-state index < -0.39 is 0 Å². The minimum Gasteiger partial charge on any atom is -0.378 e. The van der Waals surface area contributed by atoms with Crippen molar-refractivity contribution in [3.8, 4) is 0 Å². The van der Waals surface area contributed by atoms with Gasteiger partial charge in [-0.3, -0.25) is 10.1 Å². The van der Waals surface area contributed by atoms with Gasteiger partial charge in [-0.1, -0.05) is 12.1 Å². The van der Waals surface area contributed by atoms with Gasteiger partial charge < -0.3 is 5.32 Å². The molecule has 0 saturated heterocycles. The van der Waals surface area contributed by atoms with Crippen molar-refractivity contribution in [3.63, 3.8) is 0 Å². The highest BCUT2D eigenvalue weighted by Crippen LogP contribution is 2.27. The van der Waals surface area contributed by atoms with Gasteiger partial charge in [-0.2, -0.15) is 0 Å². The molecule has 0 bridgehead atoms. The number of anilines is 1. The maximum atomic E-state index is 13.1. The summed E-state index contributed by atoms with van der Waals surface area (Å²) in [6.07, 6.45) is 0. The zero-order valence-electron chi connectivity index (χ0n) is 12.2. The highest BCUT2D eigenvalue weighted by Gasteiger charge is 2.14. The number of aryl methyl sites for hydroxylation is 2. The average Bonchev–Trinajstić information content (AvgIpc) is 2.42. The van der Waals surface area contributed by atoms with E-state index in [0.717, 1.165) is 16.8 Å². The molecule has 2 rings (SSSR count). The molecule has 1 N–H and O–H groups in total. The van der Waals surface area contributed by atoms with Gasteiger partial charge in [-0.25, -0.2) is 4.39 Å². The van der Waals surface area contributed by atoms with Crippen LogP contribution >= 0.6 is 0 Å². The van der Waals surface area contributed by atoms with Gasteiger partial charge in [0.05, 0.1) is 4.92 Å². The van der Waals surface area contributed by atoms with Crippen molar-refractivity contribution in [2.45, 2.75) is 26.8 Å². The Labute approximate surface area is 122 Å². The summed E-state index contributed by atoms with van der Waals surface area (Å²) in [4.78, 5) is 10.6. The molecule has 0 spiro atoms. The van der Waals surface area contributed by atoms with E-state index in [1.807, 2.05) is 19.9 Å². The van der Waals surface area contributed by atoms with Crippen LogP contribution in [0.3, 0.4) is 0 Å². The molecule has 1 unspecified atom stereocenters. The average molecular weight is 288 g/mol. The molecule has 110 valence electrons. The van der Waals surface area contributed by atoms with Crippen LogP contribution in [-0.4, -0.2) is 4.92 Å². The molecule has 0 aromatic heterocycles. The molecule has 0 radical (unpaired) electrons. The van der Waals surface area contributed by atoms with Crippen LogP contribution < -0.4 is 5.32 Å². The van der Waals surface area contributed by atoms with Gasteiger partial charge in [0.1, 0.15) is 5.82 Å². The second kappa shape index (κ2) is 5.91. The zero-order chi connectivity index (χ0) is 15.6. The Hall–Kier alpha value is -2.43. The topological polar surface area (TPSA) is 55.2 Å². The normalized spacial score (nSPS) is 12.0. The quantitative estimate of drug-likeness (QED) is 0.664. The maximum absolute atomic E-state index is 13.1. The molecule has 0 fully saturated rings. The molecule has 0 aliphatic heterocycles. The van der Waals surface area contributed by atoms with Crippen molar-refractivity contribution in [2.75, 3.05) is 5.32 Å². The Bertz CT molecular complexity index is 686. The second-order valence-corrected chi connectivity index (χ2v) is 5.13. The van der Waals surface area contributed by atoms with Crippen molar-refractivity contribution in [2.24, 2.45) is 0 Å². The number of rotatable bonds is 4. The Balaban J connectivity index is 2.26. The highest BCUT2D eigenvalue weighted by molar-refractivity contribution is 5.53. The van der Waals surface area contributed by atoms with Crippen molar-refractivity contribution < 1.29 is 9.31 Å². The molecule has 21 heavy (non-hydrogen) atoms. The van der Waals surface area contributed by atoms with E-state index in [-0.39, 0.29) is 22.5 Å². The van der Waals surface area contributed by atoms with E-state index in [0.29, 0.717) is 5.56 Å². The number of nitro benzene ring substituents is 1. The fraction of sp³-hybridized carbons (Fsp3) is 0.250. The van der Waals surface area contributed by atoms with Crippen LogP contribution in [0.5, 0.6) is 0 Å². The summed E-state index contributed by atoms with van der Waals surface area (Å²) in [6, 6.07) is 9.57. The predicted molar refractivity (Wildman–Crippen MR) is 81.0 cm³/mol. The number of hydrogen-bond acceptors (Lipinski definition) is 3. The Morgan fingerprint density at radius 1 is 1.14 bits per heavy atom. The van der Waals surface area contributed by atoms with Gasteiger partial charge in [-0.15, -0.1) is 0 Å². The van der Waals surface area contributed by atoms with Crippen LogP contribution in [0.2, 0.25) is 0 Å². The smallest absolute Gasteiger partial charge is 0.272 e. The standard InChI is InChI=1S/C16H17FN2O2/c1-10-4-5-13(9-16(10)19(20)21)12(3)18-15-7-6-14(17)8-11(15)2/h4-9,12,18H,1-3H3. The summed E-state index contributed by atoms with van der Waals surface area (Å²) >= 11 is 0. The molecule has 0 aliphatic rings. The minimum atomic E-state index is -0.380. The van der Waals surface area contributed by atoms with Crippen LogP contribution in [0, 0.1) is 29.8 Å². The van der Waals surface area contributed by atoms with E-state index in [1.165, 1.54) is 12.1 Å². The fourth-order valence-corrected chi connectivity index (χ4v) is 2.20. The largest absolute Gasteiger partial charge is 0.378 e. The van der Waals surface area contributed by atoms with Gasteiger partial charge in [0.25, 0.3) is 5.69 Å². The van der Waals surface area contributed by atoms with Gasteiger partial charge in [0, 0.05) is 23.4 Å². The lowest BCUT2D eigenvalue weighted by atomic mass is 10.0. The van der Waals surface area contributed by atoms with Crippen LogP contribution in [0.15, 0.2) is 36.4 Å². The second-order valence-electron chi connectivity index (χ2n) is 5.13. The summed E-state index contributed by atoms with van der Waals surface area (Å²) < 4.78 is 13.1. The first-order chi connectivity index (χ1) is 9.88. The molecule has 4 nitrogen and oxygen atoms in total. The first-order valence-corrected chi connectivity index (χ1v) is 6.66. The van der Waals surface area contributed by atoms with E-state index in [9.17, 15) is 14.5 Å². The van der Waals surface area contributed by atoms with Crippen molar-refractivity contribution in [1.29, 1.82) is 0 Å². The van der Waals surface area contributed by atoms with Gasteiger partial charge >= 0.3 is 0 Å². The lowest BCUT2D eigenvalue weighted by Gasteiger charge is -2.17. The summed E-state index contributed by atoms with van der Waals surface area (Å²) in [5.74, 6) is -0.281. The molecule has 0 amide bonds. The monoisotopic (exact) mass is 288 g/mol. The molecule has 0 heterocycles.